The summed E-state index contributed by atoms with van der Waals surface area (Å²) in [5.74, 6) is 0.0568. The molecule has 1 rings (SSSR count). The van der Waals surface area contributed by atoms with Crippen LogP contribution in [-0.2, 0) is 9.53 Å². The molecule has 0 aromatic heterocycles. The molecule has 0 saturated heterocycles. The van der Waals surface area contributed by atoms with Crippen LogP contribution < -0.4 is 5.32 Å². The molecule has 94 valence electrons. The van der Waals surface area contributed by atoms with E-state index in [2.05, 4.69) is 31.3 Å². The minimum atomic E-state index is 0.0568. The second-order valence-corrected chi connectivity index (χ2v) is 4.50. The quantitative estimate of drug-likeness (QED) is 0.788. The van der Waals surface area contributed by atoms with Gasteiger partial charge in [-0.1, -0.05) is 44.2 Å². The van der Waals surface area contributed by atoms with E-state index < -0.39 is 0 Å². The third-order valence-electron chi connectivity index (χ3n) is 2.33. The highest BCUT2D eigenvalue weighted by Crippen LogP contribution is 2.13. The largest absolute Gasteiger partial charge is 0.372 e. The summed E-state index contributed by atoms with van der Waals surface area (Å²) in [6, 6.07) is 10.7. The van der Waals surface area contributed by atoms with Crippen molar-refractivity contribution < 1.29 is 9.53 Å². The lowest BCUT2D eigenvalue weighted by Crippen LogP contribution is -2.31. The van der Waals surface area contributed by atoms with E-state index in [9.17, 15) is 4.79 Å². The molecular weight excluding hydrogens is 214 g/mol. The lowest BCUT2D eigenvalue weighted by Gasteiger charge is -2.21. The Kier molecular flexibility index (Phi) is 5.87. The van der Waals surface area contributed by atoms with Gasteiger partial charge in [-0.25, -0.2) is 0 Å². The molecule has 0 fully saturated rings. The minimum Gasteiger partial charge on any atom is -0.372 e. The van der Waals surface area contributed by atoms with Crippen LogP contribution in [-0.4, -0.2) is 25.0 Å². The molecule has 0 aliphatic rings. The smallest absolute Gasteiger partial charge is 0.155 e. The summed E-state index contributed by atoms with van der Waals surface area (Å²) < 4.78 is 5.40. The van der Waals surface area contributed by atoms with Gasteiger partial charge < -0.3 is 10.1 Å². The zero-order chi connectivity index (χ0) is 12.7. The maximum absolute atomic E-state index is 10.8. The maximum Gasteiger partial charge on any atom is 0.155 e. The number of nitrogens with one attached hydrogen (secondary N) is 1. The SMILES string of the molecule is CC(=O)COC[C@@H](NC(C)C)c1ccccc1. The lowest BCUT2D eigenvalue weighted by molar-refractivity contribution is -0.121. The third-order valence-corrected chi connectivity index (χ3v) is 2.33. The van der Waals surface area contributed by atoms with Crippen LogP contribution in [0.15, 0.2) is 30.3 Å². The van der Waals surface area contributed by atoms with Crippen LogP contribution in [0.4, 0.5) is 0 Å². The van der Waals surface area contributed by atoms with E-state index in [0.29, 0.717) is 12.6 Å². The van der Waals surface area contributed by atoms with Gasteiger partial charge in [-0.2, -0.15) is 0 Å². The summed E-state index contributed by atoms with van der Waals surface area (Å²) in [4.78, 5) is 10.8. The molecule has 0 bridgehead atoms. The molecule has 1 N–H and O–H groups in total. The fourth-order valence-electron chi connectivity index (χ4n) is 1.65. The van der Waals surface area contributed by atoms with Crippen LogP contribution >= 0.6 is 0 Å². The lowest BCUT2D eigenvalue weighted by atomic mass is 10.1. The molecule has 3 nitrogen and oxygen atoms in total. The van der Waals surface area contributed by atoms with Crippen LogP contribution in [0.25, 0.3) is 0 Å². The predicted molar refractivity (Wildman–Crippen MR) is 69.0 cm³/mol. The standard InChI is InChI=1S/C14H21NO2/c1-11(2)15-14(10-17-9-12(3)16)13-7-5-4-6-8-13/h4-8,11,14-15H,9-10H2,1-3H3/t14-/m1/s1. The van der Waals surface area contributed by atoms with Crippen molar-refractivity contribution in [2.24, 2.45) is 0 Å². The molecule has 0 radical (unpaired) electrons. The number of rotatable bonds is 7. The number of carbonyl (C=O) groups is 1. The Morgan fingerprint density at radius 3 is 2.47 bits per heavy atom. The second kappa shape index (κ2) is 7.20. The molecule has 0 heterocycles. The summed E-state index contributed by atoms with van der Waals surface area (Å²) in [5.41, 5.74) is 1.18. The van der Waals surface area contributed by atoms with Gasteiger partial charge in [0, 0.05) is 6.04 Å². The molecule has 1 aromatic carbocycles. The summed E-state index contributed by atoms with van der Waals surface area (Å²) in [6.45, 7) is 6.43. The average molecular weight is 235 g/mol. The first-order valence-corrected chi connectivity index (χ1v) is 5.97. The van der Waals surface area contributed by atoms with Crippen molar-refractivity contribution in [1.82, 2.24) is 5.32 Å². The molecule has 0 unspecified atom stereocenters. The number of hydrogen-bond donors (Lipinski definition) is 1. The molecule has 17 heavy (non-hydrogen) atoms. The van der Waals surface area contributed by atoms with Crippen molar-refractivity contribution in [3.05, 3.63) is 35.9 Å². The van der Waals surface area contributed by atoms with Crippen molar-refractivity contribution >= 4 is 5.78 Å². The molecule has 0 aliphatic carbocycles. The van der Waals surface area contributed by atoms with Gasteiger partial charge in [0.2, 0.25) is 0 Å². The van der Waals surface area contributed by atoms with E-state index in [4.69, 9.17) is 4.74 Å². The molecule has 1 atom stereocenters. The van der Waals surface area contributed by atoms with Crippen LogP contribution in [0.3, 0.4) is 0 Å². The number of benzene rings is 1. The highest BCUT2D eigenvalue weighted by molar-refractivity contribution is 5.76. The van der Waals surface area contributed by atoms with Crippen molar-refractivity contribution in [2.45, 2.75) is 32.9 Å². The topological polar surface area (TPSA) is 38.3 Å². The Hall–Kier alpha value is -1.19. The predicted octanol–water partition coefficient (Wildman–Crippen LogP) is 2.33. The highest BCUT2D eigenvalue weighted by Gasteiger charge is 2.12. The Bertz CT molecular complexity index is 335. The molecular formula is C14H21NO2. The fourth-order valence-corrected chi connectivity index (χ4v) is 1.65. The van der Waals surface area contributed by atoms with Crippen LogP contribution in [0.2, 0.25) is 0 Å². The van der Waals surface area contributed by atoms with Crippen molar-refractivity contribution in [3.8, 4) is 0 Å². The van der Waals surface area contributed by atoms with Crippen LogP contribution in [0, 0.1) is 0 Å². The zero-order valence-corrected chi connectivity index (χ0v) is 10.8. The molecule has 0 saturated carbocycles. The van der Waals surface area contributed by atoms with Gasteiger partial charge in [-0.05, 0) is 12.5 Å². The first kappa shape index (κ1) is 13.9. The van der Waals surface area contributed by atoms with E-state index in [-0.39, 0.29) is 18.4 Å². The van der Waals surface area contributed by atoms with Crippen LogP contribution in [0.1, 0.15) is 32.4 Å². The van der Waals surface area contributed by atoms with Gasteiger partial charge in [0.1, 0.15) is 6.61 Å². The maximum atomic E-state index is 10.8. The second-order valence-electron chi connectivity index (χ2n) is 4.50. The number of Topliss-reactive ketones (excluding diaryl/α,β-unsaturated/α-hetero) is 1. The van der Waals surface area contributed by atoms with Gasteiger partial charge in [0.25, 0.3) is 0 Å². The number of ketones is 1. The summed E-state index contributed by atoms with van der Waals surface area (Å²) in [5, 5.41) is 3.43. The Morgan fingerprint density at radius 1 is 1.29 bits per heavy atom. The van der Waals surface area contributed by atoms with E-state index in [1.165, 1.54) is 12.5 Å². The average Bonchev–Trinajstić information content (AvgIpc) is 2.28. The Balaban J connectivity index is 2.58. The highest BCUT2D eigenvalue weighted by atomic mass is 16.5. The van der Waals surface area contributed by atoms with E-state index in [1.54, 1.807) is 0 Å². The van der Waals surface area contributed by atoms with Crippen molar-refractivity contribution in [2.75, 3.05) is 13.2 Å². The summed E-state index contributed by atoms with van der Waals surface area (Å²) in [6.07, 6.45) is 0. The first-order valence-electron chi connectivity index (χ1n) is 5.97. The fraction of sp³-hybridized carbons (Fsp3) is 0.500. The first-order chi connectivity index (χ1) is 8.09. The number of hydrogen-bond acceptors (Lipinski definition) is 3. The molecule has 1 aromatic rings. The number of carbonyl (C=O) groups excluding carboxylic acids is 1. The van der Waals surface area contributed by atoms with Gasteiger partial charge in [0.15, 0.2) is 5.78 Å². The molecule has 0 amide bonds. The van der Waals surface area contributed by atoms with Crippen molar-refractivity contribution in [1.29, 1.82) is 0 Å². The van der Waals surface area contributed by atoms with E-state index in [0.717, 1.165) is 0 Å². The van der Waals surface area contributed by atoms with Gasteiger partial charge in [-0.3, -0.25) is 4.79 Å². The van der Waals surface area contributed by atoms with Gasteiger partial charge >= 0.3 is 0 Å². The monoisotopic (exact) mass is 235 g/mol. The third kappa shape index (κ3) is 5.61. The zero-order valence-electron chi connectivity index (χ0n) is 10.8. The Labute approximate surface area is 103 Å². The summed E-state index contributed by atoms with van der Waals surface area (Å²) >= 11 is 0. The van der Waals surface area contributed by atoms with E-state index in [1.807, 2.05) is 18.2 Å². The Morgan fingerprint density at radius 2 is 1.94 bits per heavy atom. The normalized spacial score (nSPS) is 12.7. The van der Waals surface area contributed by atoms with Crippen molar-refractivity contribution in [3.63, 3.8) is 0 Å². The molecule has 0 aliphatic heterocycles. The van der Waals surface area contributed by atoms with Gasteiger partial charge in [-0.15, -0.1) is 0 Å². The van der Waals surface area contributed by atoms with Gasteiger partial charge in [0.05, 0.1) is 12.6 Å². The molecule has 3 heteroatoms. The minimum absolute atomic E-state index is 0.0568. The van der Waals surface area contributed by atoms with Crippen LogP contribution in [0.5, 0.6) is 0 Å². The molecule has 0 spiro atoms. The summed E-state index contributed by atoms with van der Waals surface area (Å²) in [7, 11) is 0. The van der Waals surface area contributed by atoms with E-state index >= 15 is 0 Å². The number of ether oxygens (including phenoxy) is 1.